The van der Waals surface area contributed by atoms with Gasteiger partial charge in [-0.1, -0.05) is 25.1 Å². The van der Waals surface area contributed by atoms with Gasteiger partial charge in [0.15, 0.2) is 0 Å². The largest absolute Gasteiger partial charge is 0.457 e. The fourth-order valence-electron chi connectivity index (χ4n) is 2.03. The molecule has 21 heavy (non-hydrogen) atoms. The zero-order chi connectivity index (χ0) is 15.2. The standard InChI is InChI=1S/C16H18N2O3/c1-3-17-11-13-6-4-5-7-16(13)21-14-8-9-15(18(19)20)12(2)10-14/h4-10,17H,3,11H2,1-2H3. The van der Waals surface area contributed by atoms with Crippen LogP contribution in [-0.2, 0) is 6.54 Å². The van der Waals surface area contributed by atoms with Gasteiger partial charge in [-0.25, -0.2) is 0 Å². The van der Waals surface area contributed by atoms with Gasteiger partial charge in [-0.05, 0) is 31.7 Å². The molecule has 0 unspecified atom stereocenters. The fraction of sp³-hybridized carbons (Fsp3) is 0.250. The highest BCUT2D eigenvalue weighted by Crippen LogP contribution is 2.29. The molecule has 0 heterocycles. The Kier molecular flexibility index (Phi) is 4.90. The number of nitro benzene ring substituents is 1. The van der Waals surface area contributed by atoms with Crippen molar-refractivity contribution in [2.75, 3.05) is 6.54 Å². The van der Waals surface area contributed by atoms with Crippen LogP contribution in [0.4, 0.5) is 5.69 Å². The average molecular weight is 286 g/mol. The normalized spacial score (nSPS) is 10.4. The Morgan fingerprint density at radius 1 is 1.24 bits per heavy atom. The minimum atomic E-state index is -0.391. The minimum Gasteiger partial charge on any atom is -0.457 e. The maximum Gasteiger partial charge on any atom is 0.272 e. The van der Waals surface area contributed by atoms with Crippen LogP contribution >= 0.6 is 0 Å². The van der Waals surface area contributed by atoms with Gasteiger partial charge in [0.05, 0.1) is 4.92 Å². The summed E-state index contributed by atoms with van der Waals surface area (Å²) >= 11 is 0. The molecule has 0 aliphatic rings. The summed E-state index contributed by atoms with van der Waals surface area (Å²) in [5.41, 5.74) is 1.74. The molecule has 5 nitrogen and oxygen atoms in total. The van der Waals surface area contributed by atoms with E-state index >= 15 is 0 Å². The van der Waals surface area contributed by atoms with Gasteiger partial charge in [0.1, 0.15) is 11.5 Å². The van der Waals surface area contributed by atoms with Crippen LogP contribution < -0.4 is 10.1 Å². The highest BCUT2D eigenvalue weighted by molar-refractivity contribution is 5.46. The third-order valence-electron chi connectivity index (χ3n) is 3.13. The molecule has 1 N–H and O–H groups in total. The Balaban J connectivity index is 2.22. The first kappa shape index (κ1) is 15.0. The molecule has 0 amide bonds. The molecule has 0 aromatic heterocycles. The van der Waals surface area contributed by atoms with E-state index in [1.807, 2.05) is 31.2 Å². The highest BCUT2D eigenvalue weighted by Gasteiger charge is 2.11. The lowest BCUT2D eigenvalue weighted by molar-refractivity contribution is -0.385. The Morgan fingerprint density at radius 3 is 2.67 bits per heavy atom. The van der Waals surface area contributed by atoms with Gasteiger partial charge in [-0.2, -0.15) is 0 Å². The number of rotatable bonds is 6. The summed E-state index contributed by atoms with van der Waals surface area (Å²) in [4.78, 5) is 10.4. The molecule has 110 valence electrons. The van der Waals surface area contributed by atoms with E-state index in [2.05, 4.69) is 5.32 Å². The lowest BCUT2D eigenvalue weighted by Gasteiger charge is -2.11. The van der Waals surface area contributed by atoms with Crippen LogP contribution in [0.3, 0.4) is 0 Å². The Hall–Kier alpha value is -2.40. The van der Waals surface area contributed by atoms with Crippen LogP contribution in [0.15, 0.2) is 42.5 Å². The molecule has 0 atom stereocenters. The lowest BCUT2D eigenvalue weighted by atomic mass is 10.2. The lowest BCUT2D eigenvalue weighted by Crippen LogP contribution is -2.12. The van der Waals surface area contributed by atoms with Crippen molar-refractivity contribution in [2.45, 2.75) is 20.4 Å². The fourth-order valence-corrected chi connectivity index (χ4v) is 2.03. The van der Waals surface area contributed by atoms with Crippen LogP contribution in [0, 0.1) is 17.0 Å². The van der Waals surface area contributed by atoms with E-state index in [0.29, 0.717) is 11.3 Å². The van der Waals surface area contributed by atoms with Crippen LogP contribution in [0.25, 0.3) is 0 Å². The zero-order valence-corrected chi connectivity index (χ0v) is 12.1. The molecular formula is C16H18N2O3. The number of nitrogens with zero attached hydrogens (tertiary/aromatic N) is 1. The van der Waals surface area contributed by atoms with Crippen LogP contribution in [0.5, 0.6) is 11.5 Å². The molecule has 0 bridgehead atoms. The number of benzene rings is 2. The van der Waals surface area contributed by atoms with Gasteiger partial charge >= 0.3 is 0 Å². The van der Waals surface area contributed by atoms with Crippen LogP contribution in [-0.4, -0.2) is 11.5 Å². The molecular weight excluding hydrogens is 268 g/mol. The molecule has 0 saturated carbocycles. The predicted molar refractivity (Wildman–Crippen MR) is 81.7 cm³/mol. The number of nitro groups is 1. The van der Waals surface area contributed by atoms with E-state index in [4.69, 9.17) is 4.74 Å². The molecule has 2 aromatic rings. The molecule has 0 radical (unpaired) electrons. The Bertz CT molecular complexity index is 641. The highest BCUT2D eigenvalue weighted by atomic mass is 16.6. The Morgan fingerprint density at radius 2 is 2.00 bits per heavy atom. The number of hydrogen-bond acceptors (Lipinski definition) is 4. The van der Waals surface area contributed by atoms with Crippen molar-refractivity contribution < 1.29 is 9.66 Å². The first-order valence-electron chi connectivity index (χ1n) is 6.83. The number of hydrogen-bond donors (Lipinski definition) is 1. The van der Waals surface area contributed by atoms with E-state index < -0.39 is 4.92 Å². The second kappa shape index (κ2) is 6.85. The zero-order valence-electron chi connectivity index (χ0n) is 12.1. The maximum atomic E-state index is 10.8. The number of para-hydroxylation sites is 1. The maximum absolute atomic E-state index is 10.8. The van der Waals surface area contributed by atoms with Gasteiger partial charge in [0, 0.05) is 23.7 Å². The topological polar surface area (TPSA) is 64.4 Å². The van der Waals surface area contributed by atoms with Gasteiger partial charge in [0.2, 0.25) is 0 Å². The smallest absolute Gasteiger partial charge is 0.272 e. The summed E-state index contributed by atoms with van der Waals surface area (Å²) in [7, 11) is 0. The second-order valence-corrected chi connectivity index (χ2v) is 4.70. The molecule has 0 spiro atoms. The summed E-state index contributed by atoms with van der Waals surface area (Å²) in [6.45, 7) is 5.35. The average Bonchev–Trinajstić information content (AvgIpc) is 2.46. The third kappa shape index (κ3) is 3.79. The predicted octanol–water partition coefficient (Wildman–Crippen LogP) is 3.81. The molecule has 5 heteroatoms. The van der Waals surface area contributed by atoms with Crippen molar-refractivity contribution in [2.24, 2.45) is 0 Å². The first-order chi connectivity index (χ1) is 10.1. The molecule has 0 fully saturated rings. The van der Waals surface area contributed by atoms with Crippen molar-refractivity contribution in [3.05, 3.63) is 63.7 Å². The summed E-state index contributed by atoms with van der Waals surface area (Å²) in [6.07, 6.45) is 0. The summed E-state index contributed by atoms with van der Waals surface area (Å²) < 4.78 is 5.86. The van der Waals surface area contributed by atoms with Crippen molar-refractivity contribution in [3.8, 4) is 11.5 Å². The SMILES string of the molecule is CCNCc1ccccc1Oc1ccc([N+](=O)[O-])c(C)c1. The summed E-state index contributed by atoms with van der Waals surface area (Å²) in [6, 6.07) is 12.5. The van der Waals surface area contributed by atoms with Crippen molar-refractivity contribution in [3.63, 3.8) is 0 Å². The van der Waals surface area contributed by atoms with E-state index in [0.717, 1.165) is 24.4 Å². The summed E-state index contributed by atoms with van der Waals surface area (Å²) in [5, 5.41) is 14.1. The quantitative estimate of drug-likeness (QED) is 0.648. The number of ether oxygens (including phenoxy) is 1. The Labute approximate surface area is 123 Å². The molecule has 0 aliphatic heterocycles. The van der Waals surface area contributed by atoms with Gasteiger partial charge in [0.25, 0.3) is 5.69 Å². The first-order valence-corrected chi connectivity index (χ1v) is 6.83. The number of nitrogens with one attached hydrogen (secondary N) is 1. The van der Waals surface area contributed by atoms with E-state index in [-0.39, 0.29) is 5.69 Å². The van der Waals surface area contributed by atoms with Gasteiger partial charge in [-0.3, -0.25) is 10.1 Å². The van der Waals surface area contributed by atoms with Crippen molar-refractivity contribution in [1.29, 1.82) is 0 Å². The molecule has 2 rings (SSSR count). The molecule has 0 saturated heterocycles. The van der Waals surface area contributed by atoms with Crippen molar-refractivity contribution >= 4 is 5.69 Å². The van der Waals surface area contributed by atoms with E-state index in [9.17, 15) is 10.1 Å². The van der Waals surface area contributed by atoms with E-state index in [1.54, 1.807) is 19.1 Å². The monoisotopic (exact) mass is 286 g/mol. The van der Waals surface area contributed by atoms with Gasteiger partial charge < -0.3 is 10.1 Å². The van der Waals surface area contributed by atoms with Crippen LogP contribution in [0.2, 0.25) is 0 Å². The number of aryl methyl sites for hydroxylation is 1. The van der Waals surface area contributed by atoms with E-state index in [1.165, 1.54) is 6.07 Å². The van der Waals surface area contributed by atoms with Crippen molar-refractivity contribution in [1.82, 2.24) is 5.32 Å². The molecule has 0 aliphatic carbocycles. The van der Waals surface area contributed by atoms with Crippen LogP contribution in [0.1, 0.15) is 18.1 Å². The minimum absolute atomic E-state index is 0.100. The summed E-state index contributed by atoms with van der Waals surface area (Å²) in [5.74, 6) is 1.36. The molecule has 2 aromatic carbocycles. The third-order valence-corrected chi connectivity index (χ3v) is 3.13. The van der Waals surface area contributed by atoms with Gasteiger partial charge in [-0.15, -0.1) is 0 Å². The second-order valence-electron chi connectivity index (χ2n) is 4.70.